The SMILES string of the molecule is CCOC(Cc1ccc(OCCN(CC(CC)CC)C(=O)Nc2cc(C)c(C)cc2C)cc1)C(=O)O. The number of benzene rings is 2. The first-order chi connectivity index (χ1) is 17.2. The van der Waals surface area contributed by atoms with Gasteiger partial charge in [-0.2, -0.15) is 0 Å². The average Bonchev–Trinajstić information content (AvgIpc) is 2.85. The number of anilines is 1. The number of hydrogen-bond acceptors (Lipinski definition) is 4. The second-order valence-electron chi connectivity index (χ2n) is 9.29. The molecule has 2 N–H and O–H groups in total. The Morgan fingerprint density at radius 2 is 1.61 bits per heavy atom. The minimum atomic E-state index is -0.969. The van der Waals surface area contributed by atoms with E-state index in [9.17, 15) is 14.7 Å². The molecule has 7 nitrogen and oxygen atoms in total. The molecule has 1 unspecified atom stereocenters. The van der Waals surface area contributed by atoms with Gasteiger partial charge >= 0.3 is 12.0 Å². The summed E-state index contributed by atoms with van der Waals surface area (Å²) >= 11 is 0. The number of hydrogen-bond donors (Lipinski definition) is 2. The lowest BCUT2D eigenvalue weighted by Gasteiger charge is -2.27. The monoisotopic (exact) mass is 498 g/mol. The number of carbonyl (C=O) groups excluding carboxylic acids is 1. The zero-order valence-electron chi connectivity index (χ0n) is 22.6. The molecular formula is C29H42N2O5. The molecule has 0 aliphatic heterocycles. The van der Waals surface area contributed by atoms with Gasteiger partial charge in [0.1, 0.15) is 12.4 Å². The summed E-state index contributed by atoms with van der Waals surface area (Å²) in [6, 6.07) is 11.3. The van der Waals surface area contributed by atoms with E-state index in [-0.39, 0.29) is 6.03 Å². The third kappa shape index (κ3) is 8.86. The zero-order chi connectivity index (χ0) is 26.7. The van der Waals surface area contributed by atoms with Crippen LogP contribution in [0, 0.1) is 26.7 Å². The Kier molecular flexibility index (Phi) is 11.7. The molecule has 7 heteroatoms. The molecule has 1 atom stereocenters. The number of ether oxygens (including phenoxy) is 2. The van der Waals surface area contributed by atoms with Gasteiger partial charge in [0.05, 0.1) is 6.54 Å². The highest BCUT2D eigenvalue weighted by molar-refractivity contribution is 5.90. The van der Waals surface area contributed by atoms with Crippen LogP contribution >= 0.6 is 0 Å². The van der Waals surface area contributed by atoms with Crippen molar-refractivity contribution in [1.29, 1.82) is 0 Å². The fraction of sp³-hybridized carbons (Fsp3) is 0.517. The van der Waals surface area contributed by atoms with Crippen molar-refractivity contribution < 1.29 is 24.2 Å². The van der Waals surface area contributed by atoms with Gasteiger partial charge in [-0.05, 0) is 74.1 Å². The predicted molar refractivity (Wildman–Crippen MR) is 144 cm³/mol. The molecule has 0 heterocycles. The Bertz CT molecular complexity index is 986. The molecule has 198 valence electrons. The van der Waals surface area contributed by atoms with Crippen LogP contribution < -0.4 is 10.1 Å². The number of aryl methyl sites for hydroxylation is 3. The second kappa shape index (κ2) is 14.5. The van der Waals surface area contributed by atoms with Gasteiger partial charge in [0.25, 0.3) is 0 Å². The van der Waals surface area contributed by atoms with E-state index < -0.39 is 12.1 Å². The zero-order valence-corrected chi connectivity index (χ0v) is 22.6. The molecule has 0 aliphatic rings. The lowest BCUT2D eigenvalue weighted by Crippen LogP contribution is -2.41. The maximum Gasteiger partial charge on any atom is 0.333 e. The first-order valence-electron chi connectivity index (χ1n) is 12.9. The highest BCUT2D eigenvalue weighted by Gasteiger charge is 2.20. The van der Waals surface area contributed by atoms with Gasteiger partial charge in [0.15, 0.2) is 6.10 Å². The largest absolute Gasteiger partial charge is 0.492 e. The van der Waals surface area contributed by atoms with Crippen LogP contribution in [-0.4, -0.2) is 54.4 Å². The van der Waals surface area contributed by atoms with Crippen LogP contribution in [0.25, 0.3) is 0 Å². The van der Waals surface area contributed by atoms with Gasteiger partial charge in [-0.3, -0.25) is 0 Å². The molecule has 0 saturated carbocycles. The first-order valence-corrected chi connectivity index (χ1v) is 12.9. The third-order valence-electron chi connectivity index (χ3n) is 6.62. The number of carbonyl (C=O) groups is 2. The Labute approximate surface area is 215 Å². The molecule has 2 aromatic rings. The van der Waals surface area contributed by atoms with Crippen LogP contribution in [0.15, 0.2) is 36.4 Å². The number of nitrogens with one attached hydrogen (secondary N) is 1. The number of aliphatic carboxylic acids is 1. The van der Waals surface area contributed by atoms with Gasteiger partial charge in [-0.15, -0.1) is 0 Å². The second-order valence-corrected chi connectivity index (χ2v) is 9.29. The molecule has 0 aliphatic carbocycles. The Morgan fingerprint density at radius 1 is 0.972 bits per heavy atom. The van der Waals surface area contributed by atoms with Gasteiger partial charge in [0, 0.05) is 25.3 Å². The van der Waals surface area contributed by atoms with Crippen molar-refractivity contribution in [2.75, 3.05) is 31.6 Å². The molecule has 0 bridgehead atoms. The molecule has 0 saturated heterocycles. The number of rotatable bonds is 14. The number of nitrogens with zero attached hydrogens (tertiary/aromatic N) is 1. The van der Waals surface area contributed by atoms with Gasteiger partial charge in [-0.25, -0.2) is 9.59 Å². The van der Waals surface area contributed by atoms with Crippen LogP contribution in [0.4, 0.5) is 10.5 Å². The van der Waals surface area contributed by atoms with E-state index in [0.29, 0.717) is 44.4 Å². The lowest BCUT2D eigenvalue weighted by molar-refractivity contribution is -0.149. The van der Waals surface area contributed by atoms with E-state index in [2.05, 4.69) is 32.2 Å². The van der Waals surface area contributed by atoms with E-state index in [1.165, 1.54) is 5.56 Å². The molecule has 2 aromatic carbocycles. The van der Waals surface area contributed by atoms with Crippen molar-refractivity contribution in [3.63, 3.8) is 0 Å². The maximum absolute atomic E-state index is 13.2. The van der Waals surface area contributed by atoms with Crippen LogP contribution in [-0.2, 0) is 16.0 Å². The van der Waals surface area contributed by atoms with Crippen LogP contribution in [0.1, 0.15) is 55.9 Å². The lowest BCUT2D eigenvalue weighted by atomic mass is 10.0. The average molecular weight is 499 g/mol. The van der Waals surface area contributed by atoms with E-state index >= 15 is 0 Å². The van der Waals surface area contributed by atoms with Crippen LogP contribution in [0.2, 0.25) is 0 Å². The third-order valence-corrected chi connectivity index (χ3v) is 6.62. The minimum Gasteiger partial charge on any atom is -0.492 e. The van der Waals surface area contributed by atoms with Crippen LogP contribution in [0.3, 0.4) is 0 Å². The minimum absolute atomic E-state index is 0.122. The normalized spacial score (nSPS) is 11.9. The molecule has 0 fully saturated rings. The van der Waals surface area contributed by atoms with E-state index in [1.54, 1.807) is 6.92 Å². The summed E-state index contributed by atoms with van der Waals surface area (Å²) in [5.74, 6) is 0.127. The van der Waals surface area contributed by atoms with Crippen LogP contribution in [0.5, 0.6) is 5.75 Å². The van der Waals surface area contributed by atoms with Crippen molar-refractivity contribution in [3.05, 3.63) is 58.7 Å². The van der Waals surface area contributed by atoms with E-state index in [0.717, 1.165) is 35.2 Å². The summed E-state index contributed by atoms with van der Waals surface area (Å²) in [5, 5.41) is 12.4. The molecular weight excluding hydrogens is 456 g/mol. The maximum atomic E-state index is 13.2. The molecule has 0 aromatic heterocycles. The van der Waals surface area contributed by atoms with E-state index in [4.69, 9.17) is 9.47 Å². The van der Waals surface area contributed by atoms with Crippen molar-refractivity contribution in [2.24, 2.45) is 5.92 Å². The van der Waals surface area contributed by atoms with Crippen molar-refractivity contribution >= 4 is 17.7 Å². The molecule has 0 spiro atoms. The summed E-state index contributed by atoms with van der Waals surface area (Å²) in [6.07, 6.45) is 1.44. The molecule has 2 amide bonds. The number of carboxylic acid groups (broad SMARTS) is 1. The van der Waals surface area contributed by atoms with Gasteiger partial charge < -0.3 is 24.8 Å². The van der Waals surface area contributed by atoms with Gasteiger partial charge in [0.2, 0.25) is 0 Å². The molecule has 0 radical (unpaired) electrons. The highest BCUT2D eigenvalue weighted by atomic mass is 16.5. The summed E-state index contributed by atoms with van der Waals surface area (Å²) in [6.45, 7) is 14.0. The Hall–Kier alpha value is -3.06. The Balaban J connectivity index is 2.01. The highest BCUT2D eigenvalue weighted by Crippen LogP contribution is 2.21. The standard InChI is InChI=1S/C29H42N2O5/c1-7-23(8-2)19-31(29(34)30-26-17-21(5)20(4)16-22(26)6)14-15-36-25-12-10-24(11-13-25)18-27(28(32)33)35-9-3/h10-13,16-17,23,27H,7-9,14-15,18-19H2,1-6H3,(H,30,34)(H,32,33). The van der Waals surface area contributed by atoms with Gasteiger partial charge in [-0.1, -0.05) is 44.9 Å². The molecule has 36 heavy (non-hydrogen) atoms. The van der Waals surface area contributed by atoms with Crippen molar-refractivity contribution in [1.82, 2.24) is 4.90 Å². The summed E-state index contributed by atoms with van der Waals surface area (Å²) in [4.78, 5) is 26.4. The Morgan fingerprint density at radius 3 is 2.19 bits per heavy atom. The van der Waals surface area contributed by atoms with Crippen molar-refractivity contribution in [3.8, 4) is 5.75 Å². The fourth-order valence-electron chi connectivity index (χ4n) is 4.05. The topological polar surface area (TPSA) is 88.1 Å². The van der Waals surface area contributed by atoms with E-state index in [1.807, 2.05) is 49.1 Å². The smallest absolute Gasteiger partial charge is 0.333 e. The fourth-order valence-corrected chi connectivity index (χ4v) is 4.05. The predicted octanol–water partition coefficient (Wildman–Crippen LogP) is 5.99. The summed E-state index contributed by atoms with van der Waals surface area (Å²) in [5.41, 5.74) is 5.09. The number of carboxylic acids is 1. The van der Waals surface area contributed by atoms with Crippen molar-refractivity contribution in [2.45, 2.75) is 66.9 Å². The summed E-state index contributed by atoms with van der Waals surface area (Å²) in [7, 11) is 0. The number of urea groups is 1. The number of amides is 2. The molecule has 2 rings (SSSR count). The summed E-state index contributed by atoms with van der Waals surface area (Å²) < 4.78 is 11.2. The quantitative estimate of drug-likeness (QED) is 0.334. The first kappa shape index (κ1) is 29.2.